The van der Waals surface area contributed by atoms with E-state index in [0.29, 0.717) is 12.6 Å². The van der Waals surface area contributed by atoms with Gasteiger partial charge in [-0.3, -0.25) is 0 Å². The highest BCUT2D eigenvalue weighted by Gasteiger charge is 2.35. The first-order valence-corrected chi connectivity index (χ1v) is 9.04. The number of carbonyl (C=O) groups is 1. The van der Waals surface area contributed by atoms with Gasteiger partial charge in [-0.2, -0.15) is 0 Å². The van der Waals surface area contributed by atoms with Crippen molar-refractivity contribution in [2.24, 2.45) is 0 Å². The summed E-state index contributed by atoms with van der Waals surface area (Å²) < 4.78 is 6.63. The van der Waals surface area contributed by atoms with Gasteiger partial charge in [0.1, 0.15) is 5.60 Å². The summed E-state index contributed by atoms with van der Waals surface area (Å²) in [6, 6.07) is 6.76. The molecule has 1 amide bonds. The standard InChI is InChI=1S/C19H28BrNO2/c1-18(2,3)14-9-13(10-15(20)11-14)12-21(16-7-8-16)17(22)23-19(4,5)6/h9-11,16H,7-8,12H2,1-6H3. The smallest absolute Gasteiger partial charge is 0.410 e. The molecular formula is C19H28BrNO2. The molecule has 2 rings (SSSR count). The lowest BCUT2D eigenvalue weighted by Gasteiger charge is -2.28. The normalized spacial score (nSPS) is 15.4. The summed E-state index contributed by atoms with van der Waals surface area (Å²) in [6.07, 6.45) is 1.93. The van der Waals surface area contributed by atoms with E-state index >= 15 is 0 Å². The Labute approximate surface area is 148 Å². The lowest BCUT2D eigenvalue weighted by molar-refractivity contribution is 0.0216. The van der Waals surface area contributed by atoms with Crippen LogP contribution < -0.4 is 0 Å². The van der Waals surface area contributed by atoms with Crippen molar-refractivity contribution in [2.75, 3.05) is 0 Å². The number of carbonyl (C=O) groups excluding carboxylic acids is 1. The fraction of sp³-hybridized carbons (Fsp3) is 0.632. The van der Waals surface area contributed by atoms with E-state index in [2.05, 4.69) is 54.9 Å². The summed E-state index contributed by atoms with van der Waals surface area (Å²) >= 11 is 3.60. The summed E-state index contributed by atoms with van der Waals surface area (Å²) in [5.41, 5.74) is 2.02. The van der Waals surface area contributed by atoms with E-state index in [-0.39, 0.29) is 11.5 Å². The Kier molecular flexibility index (Phi) is 5.15. The zero-order valence-corrected chi connectivity index (χ0v) is 16.7. The summed E-state index contributed by atoms with van der Waals surface area (Å²) in [5.74, 6) is 0. The highest BCUT2D eigenvalue weighted by atomic mass is 79.9. The van der Waals surface area contributed by atoms with Crippen LogP contribution >= 0.6 is 15.9 Å². The average Bonchev–Trinajstić information content (AvgIpc) is 3.16. The molecule has 0 atom stereocenters. The van der Waals surface area contributed by atoms with Crippen LogP contribution in [-0.2, 0) is 16.7 Å². The average molecular weight is 382 g/mol. The van der Waals surface area contributed by atoms with Crippen molar-refractivity contribution in [3.8, 4) is 0 Å². The van der Waals surface area contributed by atoms with Crippen LogP contribution in [0.15, 0.2) is 22.7 Å². The Balaban J connectivity index is 2.21. The summed E-state index contributed by atoms with van der Waals surface area (Å²) in [4.78, 5) is 14.4. The molecule has 0 heterocycles. The number of ether oxygens (including phenoxy) is 1. The molecule has 1 fully saturated rings. The Bertz CT molecular complexity index is 580. The first-order valence-electron chi connectivity index (χ1n) is 8.25. The molecule has 0 bridgehead atoms. The maximum atomic E-state index is 12.5. The summed E-state index contributed by atoms with van der Waals surface area (Å²) in [5, 5.41) is 0. The van der Waals surface area contributed by atoms with Crippen LogP contribution in [0.4, 0.5) is 4.79 Å². The van der Waals surface area contributed by atoms with E-state index in [1.165, 1.54) is 5.56 Å². The SMILES string of the molecule is CC(C)(C)OC(=O)N(Cc1cc(Br)cc(C(C)(C)C)c1)C1CC1. The van der Waals surface area contributed by atoms with Crippen molar-refractivity contribution in [2.45, 2.75) is 78.0 Å². The predicted molar refractivity (Wildman–Crippen MR) is 97.6 cm³/mol. The molecule has 0 saturated heterocycles. The minimum atomic E-state index is -0.460. The molecule has 1 saturated carbocycles. The largest absolute Gasteiger partial charge is 0.444 e. The van der Waals surface area contributed by atoms with Crippen LogP contribution in [0, 0.1) is 0 Å². The molecule has 0 spiro atoms. The van der Waals surface area contributed by atoms with Crippen molar-refractivity contribution >= 4 is 22.0 Å². The number of hydrogen-bond donors (Lipinski definition) is 0. The third-order valence-corrected chi connectivity index (χ3v) is 4.25. The fourth-order valence-corrected chi connectivity index (χ4v) is 2.96. The Morgan fingerprint density at radius 1 is 1.17 bits per heavy atom. The van der Waals surface area contributed by atoms with Crippen LogP contribution in [0.25, 0.3) is 0 Å². The van der Waals surface area contributed by atoms with Crippen LogP contribution in [0.5, 0.6) is 0 Å². The number of rotatable bonds is 3. The second kappa shape index (κ2) is 6.46. The Morgan fingerprint density at radius 2 is 1.78 bits per heavy atom. The molecule has 23 heavy (non-hydrogen) atoms. The minimum Gasteiger partial charge on any atom is -0.444 e. The van der Waals surface area contributed by atoms with Crippen LogP contribution in [0.3, 0.4) is 0 Å². The van der Waals surface area contributed by atoms with Crippen molar-refractivity contribution in [1.29, 1.82) is 0 Å². The lowest BCUT2D eigenvalue weighted by atomic mass is 9.86. The van der Waals surface area contributed by atoms with Gasteiger partial charge in [0.05, 0.1) is 0 Å². The molecule has 1 aromatic rings. The van der Waals surface area contributed by atoms with E-state index in [0.717, 1.165) is 22.9 Å². The molecular weight excluding hydrogens is 354 g/mol. The van der Waals surface area contributed by atoms with Crippen molar-refractivity contribution in [1.82, 2.24) is 4.90 Å². The van der Waals surface area contributed by atoms with E-state index in [1.54, 1.807) is 0 Å². The molecule has 0 N–H and O–H groups in total. The van der Waals surface area contributed by atoms with Gasteiger partial charge in [0.25, 0.3) is 0 Å². The maximum Gasteiger partial charge on any atom is 0.410 e. The first kappa shape index (κ1) is 18.3. The number of hydrogen-bond acceptors (Lipinski definition) is 2. The predicted octanol–water partition coefficient (Wildman–Crippen LogP) is 5.65. The number of amides is 1. The van der Waals surface area contributed by atoms with Gasteiger partial charge in [0, 0.05) is 17.1 Å². The third-order valence-electron chi connectivity index (χ3n) is 3.79. The van der Waals surface area contributed by atoms with Crippen LogP contribution in [0.1, 0.15) is 65.5 Å². The fourth-order valence-electron chi connectivity index (χ4n) is 2.42. The second-order valence-corrected chi connectivity index (χ2v) is 9.35. The van der Waals surface area contributed by atoms with Gasteiger partial charge in [0.15, 0.2) is 0 Å². The molecule has 0 aromatic heterocycles. The van der Waals surface area contributed by atoms with E-state index in [1.807, 2.05) is 25.7 Å². The molecule has 3 nitrogen and oxygen atoms in total. The summed E-state index contributed by atoms with van der Waals surface area (Å²) in [6.45, 7) is 12.9. The van der Waals surface area contributed by atoms with Gasteiger partial charge in [-0.1, -0.05) is 42.8 Å². The number of nitrogens with zero attached hydrogens (tertiary/aromatic N) is 1. The van der Waals surface area contributed by atoms with Gasteiger partial charge in [-0.25, -0.2) is 4.79 Å². The Morgan fingerprint density at radius 3 is 2.26 bits per heavy atom. The topological polar surface area (TPSA) is 29.5 Å². The van der Waals surface area contributed by atoms with Gasteiger partial charge in [-0.05, 0) is 62.3 Å². The lowest BCUT2D eigenvalue weighted by Crippen LogP contribution is -2.37. The van der Waals surface area contributed by atoms with Crippen molar-refractivity contribution in [3.63, 3.8) is 0 Å². The second-order valence-electron chi connectivity index (χ2n) is 8.44. The van der Waals surface area contributed by atoms with Crippen LogP contribution in [-0.4, -0.2) is 22.6 Å². The quantitative estimate of drug-likeness (QED) is 0.677. The molecule has 1 aliphatic rings. The molecule has 1 aromatic carbocycles. The first-order chi connectivity index (χ1) is 10.5. The monoisotopic (exact) mass is 381 g/mol. The van der Waals surface area contributed by atoms with Gasteiger partial charge < -0.3 is 9.64 Å². The molecule has 128 valence electrons. The molecule has 1 aliphatic carbocycles. The van der Waals surface area contributed by atoms with Gasteiger partial charge in [0.2, 0.25) is 0 Å². The van der Waals surface area contributed by atoms with Crippen molar-refractivity contribution < 1.29 is 9.53 Å². The van der Waals surface area contributed by atoms with E-state index in [9.17, 15) is 4.79 Å². The third kappa shape index (κ3) is 5.52. The van der Waals surface area contributed by atoms with Gasteiger partial charge >= 0.3 is 6.09 Å². The molecule has 0 unspecified atom stereocenters. The minimum absolute atomic E-state index is 0.0782. The highest BCUT2D eigenvalue weighted by molar-refractivity contribution is 9.10. The zero-order valence-electron chi connectivity index (χ0n) is 15.1. The van der Waals surface area contributed by atoms with Crippen molar-refractivity contribution in [3.05, 3.63) is 33.8 Å². The molecule has 4 heteroatoms. The van der Waals surface area contributed by atoms with Crippen LogP contribution in [0.2, 0.25) is 0 Å². The molecule has 0 aliphatic heterocycles. The number of benzene rings is 1. The zero-order chi connectivity index (χ0) is 17.4. The summed E-state index contributed by atoms with van der Waals surface area (Å²) in [7, 11) is 0. The van der Waals surface area contributed by atoms with E-state index in [4.69, 9.17) is 4.74 Å². The molecule has 0 radical (unpaired) electrons. The van der Waals surface area contributed by atoms with E-state index < -0.39 is 5.60 Å². The number of halogens is 1. The van der Waals surface area contributed by atoms with Gasteiger partial charge in [-0.15, -0.1) is 0 Å². The Hall–Kier alpha value is -1.03. The highest BCUT2D eigenvalue weighted by Crippen LogP contribution is 2.32. The maximum absolute atomic E-state index is 12.5.